The average Bonchev–Trinajstić information content (AvgIpc) is 1.68. The van der Waals surface area contributed by atoms with E-state index in [1.807, 2.05) is 0 Å². The van der Waals surface area contributed by atoms with Crippen LogP contribution in [0.4, 0.5) is 0 Å². The molecule has 0 aliphatic heterocycles. The number of nitrogens with zero attached hydrogens (tertiary/aromatic N) is 1. The van der Waals surface area contributed by atoms with Crippen molar-refractivity contribution >= 4 is 0 Å². The highest BCUT2D eigenvalue weighted by atomic mass is 16.3. The minimum Gasteiger partial charge on any atom is -0.395 e. The van der Waals surface area contributed by atoms with Crippen LogP contribution in [0, 0.1) is 0 Å². The molecule has 4 nitrogen and oxygen atoms in total. The van der Waals surface area contributed by atoms with Gasteiger partial charge in [0.25, 0.3) is 0 Å². The molecule has 4 N–H and O–H groups in total. The fraction of sp³-hybridized carbons (Fsp3) is 1.00. The number of hydrazine groups is 1. The van der Waals surface area contributed by atoms with E-state index < -0.39 is 0 Å². The van der Waals surface area contributed by atoms with E-state index in [4.69, 9.17) is 16.1 Å². The van der Waals surface area contributed by atoms with Crippen LogP contribution in [0.1, 0.15) is 0 Å². The monoisotopic (exact) mass is 106 g/mol. The molecule has 0 spiro atoms. The van der Waals surface area contributed by atoms with Gasteiger partial charge in [0.05, 0.1) is 6.61 Å². The van der Waals surface area contributed by atoms with E-state index in [-0.39, 0.29) is 13.3 Å². The minimum absolute atomic E-state index is 0.0168. The molecule has 0 saturated heterocycles. The highest BCUT2D eigenvalue weighted by Crippen LogP contribution is 1.67. The Morgan fingerprint density at radius 2 is 2.00 bits per heavy atom. The van der Waals surface area contributed by atoms with E-state index in [0.717, 1.165) is 5.01 Å². The predicted molar refractivity (Wildman–Crippen MR) is 25.1 cm³/mol. The number of hydrogen-bond acceptors (Lipinski definition) is 4. The lowest BCUT2D eigenvalue weighted by Crippen LogP contribution is -2.34. The van der Waals surface area contributed by atoms with Crippen molar-refractivity contribution in [3.05, 3.63) is 0 Å². The lowest BCUT2D eigenvalue weighted by molar-refractivity contribution is 0.0883. The van der Waals surface area contributed by atoms with Gasteiger partial charge in [-0.2, -0.15) is 0 Å². The number of rotatable bonds is 3. The quantitative estimate of drug-likeness (QED) is 0.223. The zero-order valence-corrected chi connectivity index (χ0v) is 4.04. The van der Waals surface area contributed by atoms with Crippen LogP contribution in [-0.4, -0.2) is 35.1 Å². The first kappa shape index (κ1) is 6.84. The van der Waals surface area contributed by atoms with Crippen LogP contribution in [0.5, 0.6) is 0 Å². The maximum atomic E-state index is 8.16. The predicted octanol–water partition coefficient (Wildman–Crippen LogP) is -1.90. The van der Waals surface area contributed by atoms with Crippen molar-refractivity contribution in [2.45, 2.75) is 0 Å². The smallest absolute Gasteiger partial charge is 0.108 e. The Kier molecular flexibility index (Phi) is 3.92. The average molecular weight is 106 g/mol. The second-order valence-corrected chi connectivity index (χ2v) is 1.18. The lowest BCUT2D eigenvalue weighted by Gasteiger charge is -2.08. The first-order valence-electron chi connectivity index (χ1n) is 2.02. The van der Waals surface area contributed by atoms with Gasteiger partial charge in [-0.05, 0) is 0 Å². The number of nitrogens with two attached hydrogens (primary N) is 1. The van der Waals surface area contributed by atoms with Crippen molar-refractivity contribution in [1.29, 1.82) is 0 Å². The third-order valence-corrected chi connectivity index (χ3v) is 0.569. The van der Waals surface area contributed by atoms with Crippen LogP contribution in [0.25, 0.3) is 0 Å². The molecule has 44 valence electrons. The van der Waals surface area contributed by atoms with Crippen molar-refractivity contribution in [1.82, 2.24) is 5.01 Å². The molecule has 0 aliphatic rings. The first-order valence-corrected chi connectivity index (χ1v) is 2.02. The molecular formula is C3H10N2O2. The second kappa shape index (κ2) is 4.01. The zero-order chi connectivity index (χ0) is 5.70. The molecule has 0 amide bonds. The highest BCUT2D eigenvalue weighted by molar-refractivity contribution is 4.34. The SMILES string of the molecule is NN(CO)CCO. The summed E-state index contributed by atoms with van der Waals surface area (Å²) in [5, 5.41) is 17.4. The highest BCUT2D eigenvalue weighted by Gasteiger charge is 1.89. The summed E-state index contributed by atoms with van der Waals surface area (Å²) >= 11 is 0. The molecule has 0 aromatic carbocycles. The van der Waals surface area contributed by atoms with Crippen molar-refractivity contribution in [2.75, 3.05) is 19.9 Å². The summed E-state index contributed by atoms with van der Waals surface area (Å²) in [5.41, 5.74) is 0. The van der Waals surface area contributed by atoms with E-state index in [0.29, 0.717) is 6.54 Å². The van der Waals surface area contributed by atoms with Gasteiger partial charge >= 0.3 is 0 Å². The molecule has 0 unspecified atom stereocenters. The van der Waals surface area contributed by atoms with Crippen LogP contribution < -0.4 is 5.84 Å². The fourth-order valence-corrected chi connectivity index (χ4v) is 0.199. The summed E-state index contributed by atoms with van der Waals surface area (Å²) in [5.74, 6) is 5.01. The maximum Gasteiger partial charge on any atom is 0.108 e. The third kappa shape index (κ3) is 3.68. The van der Waals surface area contributed by atoms with Crippen molar-refractivity contribution in [2.24, 2.45) is 5.84 Å². The van der Waals surface area contributed by atoms with Crippen LogP contribution in [0.3, 0.4) is 0 Å². The summed E-state index contributed by atoms with van der Waals surface area (Å²) in [4.78, 5) is 0. The molecule has 7 heavy (non-hydrogen) atoms. The molecule has 0 aromatic rings. The van der Waals surface area contributed by atoms with Gasteiger partial charge in [-0.15, -0.1) is 0 Å². The van der Waals surface area contributed by atoms with E-state index in [1.165, 1.54) is 0 Å². The molecule has 0 aromatic heterocycles. The lowest BCUT2D eigenvalue weighted by atomic mass is 10.7. The topological polar surface area (TPSA) is 69.7 Å². The fourth-order valence-electron chi connectivity index (χ4n) is 0.199. The number of hydrogen-bond donors (Lipinski definition) is 3. The van der Waals surface area contributed by atoms with Crippen LogP contribution in [0.15, 0.2) is 0 Å². The van der Waals surface area contributed by atoms with Crippen molar-refractivity contribution < 1.29 is 10.2 Å². The molecule has 0 fully saturated rings. The van der Waals surface area contributed by atoms with E-state index in [9.17, 15) is 0 Å². The number of aliphatic hydroxyl groups excluding tert-OH is 2. The van der Waals surface area contributed by atoms with Gasteiger partial charge in [0, 0.05) is 6.54 Å². The summed E-state index contributed by atoms with van der Waals surface area (Å²) in [7, 11) is 0. The Morgan fingerprint density at radius 3 is 2.14 bits per heavy atom. The summed E-state index contributed by atoms with van der Waals surface area (Å²) in [6, 6.07) is 0. The normalized spacial score (nSPS) is 10.3. The van der Waals surface area contributed by atoms with Gasteiger partial charge in [0.2, 0.25) is 0 Å². The zero-order valence-electron chi connectivity index (χ0n) is 4.04. The Hall–Kier alpha value is -0.160. The molecule has 0 saturated carbocycles. The Balaban J connectivity index is 2.83. The van der Waals surface area contributed by atoms with Gasteiger partial charge < -0.3 is 10.2 Å². The van der Waals surface area contributed by atoms with E-state index >= 15 is 0 Å². The van der Waals surface area contributed by atoms with Crippen molar-refractivity contribution in [3.8, 4) is 0 Å². The molecular weight excluding hydrogens is 96.0 g/mol. The van der Waals surface area contributed by atoms with Crippen LogP contribution in [-0.2, 0) is 0 Å². The minimum atomic E-state index is -0.208. The molecule has 0 aliphatic carbocycles. The molecule has 0 radical (unpaired) electrons. The second-order valence-electron chi connectivity index (χ2n) is 1.18. The number of aliphatic hydroxyl groups is 2. The molecule has 0 bridgehead atoms. The molecule has 4 heteroatoms. The Morgan fingerprint density at radius 1 is 1.43 bits per heavy atom. The maximum absolute atomic E-state index is 8.16. The summed E-state index contributed by atoms with van der Waals surface area (Å²) < 4.78 is 0. The summed E-state index contributed by atoms with van der Waals surface area (Å²) in [6.07, 6.45) is 0. The molecule has 0 rings (SSSR count). The van der Waals surface area contributed by atoms with Gasteiger partial charge in [-0.25, -0.2) is 5.01 Å². The van der Waals surface area contributed by atoms with Crippen molar-refractivity contribution in [3.63, 3.8) is 0 Å². The van der Waals surface area contributed by atoms with Gasteiger partial charge in [-0.1, -0.05) is 0 Å². The first-order chi connectivity index (χ1) is 3.31. The van der Waals surface area contributed by atoms with Gasteiger partial charge in [0.15, 0.2) is 0 Å². The standard InChI is InChI=1S/C3H10N2O2/c4-5(3-7)1-2-6/h6-7H,1-4H2. The van der Waals surface area contributed by atoms with Crippen LogP contribution in [0.2, 0.25) is 0 Å². The molecule has 0 heterocycles. The van der Waals surface area contributed by atoms with E-state index in [1.54, 1.807) is 0 Å². The van der Waals surface area contributed by atoms with Gasteiger partial charge in [0.1, 0.15) is 6.73 Å². The van der Waals surface area contributed by atoms with Crippen LogP contribution >= 0.6 is 0 Å². The van der Waals surface area contributed by atoms with E-state index in [2.05, 4.69) is 0 Å². The third-order valence-electron chi connectivity index (χ3n) is 0.569. The Bertz CT molecular complexity index is 41.9. The Labute approximate surface area is 42.1 Å². The molecule has 0 atom stereocenters. The van der Waals surface area contributed by atoms with Gasteiger partial charge in [-0.3, -0.25) is 5.84 Å². The largest absolute Gasteiger partial charge is 0.395 e. The summed E-state index contributed by atoms with van der Waals surface area (Å²) in [6.45, 7) is 0.0914.